The summed E-state index contributed by atoms with van der Waals surface area (Å²) in [5.74, 6) is 0.0718. The summed E-state index contributed by atoms with van der Waals surface area (Å²) in [6, 6.07) is 25.1. The first kappa shape index (κ1) is 19.4. The predicted molar refractivity (Wildman–Crippen MR) is 116 cm³/mol. The van der Waals surface area contributed by atoms with Crippen LogP contribution in [0.1, 0.15) is 31.8 Å². The van der Waals surface area contributed by atoms with Crippen LogP contribution in [0.3, 0.4) is 0 Å². The molecule has 0 heterocycles. The maximum atomic E-state index is 12.7. The summed E-state index contributed by atoms with van der Waals surface area (Å²) in [5.41, 5.74) is 2.43. The first-order valence-corrected chi connectivity index (χ1v) is 9.62. The summed E-state index contributed by atoms with van der Waals surface area (Å²) in [7, 11) is 0. The fourth-order valence-corrected chi connectivity index (χ4v) is 3.34. The Labute approximate surface area is 174 Å². The van der Waals surface area contributed by atoms with Crippen LogP contribution in [0.15, 0.2) is 84.9 Å². The van der Waals surface area contributed by atoms with Crippen LogP contribution in [0, 0.1) is 13.8 Å². The number of carbonyl (C=O) groups is 2. The minimum atomic E-state index is -0.433. The summed E-state index contributed by atoms with van der Waals surface area (Å²) in [6.45, 7) is 3.71. The van der Waals surface area contributed by atoms with Gasteiger partial charge in [-0.05, 0) is 49.2 Å². The van der Waals surface area contributed by atoms with Crippen molar-refractivity contribution >= 4 is 22.7 Å². The largest absolute Gasteiger partial charge is 0.422 e. The van der Waals surface area contributed by atoms with Crippen LogP contribution in [-0.2, 0) is 0 Å². The molecule has 0 N–H and O–H groups in total. The van der Waals surface area contributed by atoms with Gasteiger partial charge in [0.25, 0.3) is 0 Å². The molecule has 0 amide bonds. The van der Waals surface area contributed by atoms with Crippen molar-refractivity contribution in [2.24, 2.45) is 0 Å². The lowest BCUT2D eigenvalue weighted by Gasteiger charge is -2.18. The van der Waals surface area contributed by atoms with Crippen LogP contribution >= 0.6 is 0 Å². The first-order chi connectivity index (χ1) is 14.6. The van der Waals surface area contributed by atoms with E-state index in [4.69, 9.17) is 9.47 Å². The molecule has 0 radical (unpaired) electrons. The van der Waals surface area contributed by atoms with Gasteiger partial charge in [-0.3, -0.25) is 0 Å². The summed E-state index contributed by atoms with van der Waals surface area (Å²) >= 11 is 0. The van der Waals surface area contributed by atoms with Crippen molar-refractivity contribution in [3.8, 4) is 11.5 Å². The molecule has 148 valence electrons. The lowest BCUT2D eigenvalue weighted by atomic mass is 9.99. The number of hydrogen-bond acceptors (Lipinski definition) is 4. The Kier molecular flexibility index (Phi) is 5.31. The number of rotatable bonds is 4. The second-order valence-electron chi connectivity index (χ2n) is 6.96. The lowest BCUT2D eigenvalue weighted by molar-refractivity contribution is 0.0721. The molecule has 0 bridgehead atoms. The number of ether oxygens (including phenoxy) is 2. The fraction of sp³-hybridized carbons (Fsp3) is 0.0769. The molecule has 0 unspecified atom stereocenters. The van der Waals surface area contributed by atoms with Crippen LogP contribution in [0.5, 0.6) is 11.5 Å². The zero-order chi connectivity index (χ0) is 21.1. The van der Waals surface area contributed by atoms with Crippen LogP contribution < -0.4 is 9.47 Å². The van der Waals surface area contributed by atoms with E-state index in [0.717, 1.165) is 11.1 Å². The SMILES string of the molecule is Cc1c(C)c(OC(=O)c2ccccc2)c2ccccc2c1OC(=O)c1ccccc1. The Morgan fingerprint density at radius 1 is 0.533 bits per heavy atom. The van der Waals surface area contributed by atoms with E-state index < -0.39 is 11.9 Å². The van der Waals surface area contributed by atoms with Gasteiger partial charge in [-0.25, -0.2) is 9.59 Å². The molecule has 4 heteroatoms. The van der Waals surface area contributed by atoms with Crippen LogP contribution in [0.4, 0.5) is 0 Å². The number of carbonyl (C=O) groups excluding carboxylic acids is 2. The van der Waals surface area contributed by atoms with Gasteiger partial charge in [0.2, 0.25) is 0 Å². The fourth-order valence-electron chi connectivity index (χ4n) is 3.34. The van der Waals surface area contributed by atoms with Gasteiger partial charge in [-0.2, -0.15) is 0 Å². The highest BCUT2D eigenvalue weighted by atomic mass is 16.5. The van der Waals surface area contributed by atoms with Gasteiger partial charge < -0.3 is 9.47 Å². The van der Waals surface area contributed by atoms with E-state index >= 15 is 0 Å². The molecule has 0 aliphatic rings. The van der Waals surface area contributed by atoms with Crippen LogP contribution in [0.2, 0.25) is 0 Å². The van der Waals surface area contributed by atoms with Crippen molar-refractivity contribution < 1.29 is 19.1 Å². The zero-order valence-corrected chi connectivity index (χ0v) is 16.7. The Hall–Kier alpha value is -3.92. The molecule has 4 aromatic rings. The second kappa shape index (κ2) is 8.21. The van der Waals surface area contributed by atoms with Crippen LogP contribution in [-0.4, -0.2) is 11.9 Å². The average molecular weight is 396 g/mol. The minimum absolute atomic E-state index is 0.433. The number of hydrogen-bond donors (Lipinski definition) is 0. The molecule has 30 heavy (non-hydrogen) atoms. The molecule has 0 fully saturated rings. The van der Waals surface area contributed by atoms with Crippen molar-refractivity contribution in [3.63, 3.8) is 0 Å². The molecule has 0 aromatic heterocycles. The summed E-state index contributed by atoms with van der Waals surface area (Å²) in [5, 5.41) is 1.42. The Morgan fingerprint density at radius 3 is 1.23 bits per heavy atom. The van der Waals surface area contributed by atoms with E-state index in [0.29, 0.717) is 33.4 Å². The molecule has 0 aliphatic heterocycles. The summed E-state index contributed by atoms with van der Waals surface area (Å²) in [6.07, 6.45) is 0. The van der Waals surface area contributed by atoms with E-state index in [-0.39, 0.29) is 0 Å². The molecule has 0 spiro atoms. The van der Waals surface area contributed by atoms with Crippen molar-refractivity contribution in [1.29, 1.82) is 0 Å². The maximum absolute atomic E-state index is 12.7. The smallest absolute Gasteiger partial charge is 0.343 e. The van der Waals surface area contributed by atoms with Gasteiger partial charge >= 0.3 is 11.9 Å². The Morgan fingerprint density at radius 2 is 0.867 bits per heavy atom. The topological polar surface area (TPSA) is 52.6 Å². The van der Waals surface area contributed by atoms with Gasteiger partial charge in [0.05, 0.1) is 11.1 Å². The molecule has 4 nitrogen and oxygen atoms in total. The highest BCUT2D eigenvalue weighted by molar-refractivity contribution is 6.01. The van der Waals surface area contributed by atoms with E-state index in [1.54, 1.807) is 48.5 Å². The van der Waals surface area contributed by atoms with Gasteiger partial charge in [-0.1, -0.05) is 60.7 Å². The van der Waals surface area contributed by atoms with Crippen molar-refractivity contribution in [3.05, 3.63) is 107 Å². The second-order valence-corrected chi connectivity index (χ2v) is 6.96. The van der Waals surface area contributed by atoms with Crippen molar-refractivity contribution in [2.75, 3.05) is 0 Å². The third kappa shape index (κ3) is 3.67. The van der Waals surface area contributed by atoms with E-state index in [9.17, 15) is 9.59 Å². The molecule has 0 saturated heterocycles. The lowest BCUT2D eigenvalue weighted by Crippen LogP contribution is -2.12. The molecular weight excluding hydrogens is 376 g/mol. The molecule has 4 rings (SSSR count). The maximum Gasteiger partial charge on any atom is 0.343 e. The monoisotopic (exact) mass is 396 g/mol. The minimum Gasteiger partial charge on any atom is -0.422 e. The molecule has 4 aromatic carbocycles. The predicted octanol–water partition coefficient (Wildman–Crippen LogP) is 5.90. The van der Waals surface area contributed by atoms with E-state index in [1.807, 2.05) is 50.2 Å². The molecule has 0 atom stereocenters. The van der Waals surface area contributed by atoms with Crippen molar-refractivity contribution in [2.45, 2.75) is 13.8 Å². The third-order valence-corrected chi connectivity index (χ3v) is 5.07. The summed E-state index contributed by atoms with van der Waals surface area (Å²) in [4.78, 5) is 25.3. The Balaban J connectivity index is 1.77. The third-order valence-electron chi connectivity index (χ3n) is 5.07. The number of benzene rings is 4. The van der Waals surface area contributed by atoms with Crippen molar-refractivity contribution in [1.82, 2.24) is 0 Å². The normalized spacial score (nSPS) is 10.6. The number of esters is 2. The van der Waals surface area contributed by atoms with E-state index in [2.05, 4.69) is 0 Å². The Bertz CT molecular complexity index is 1130. The van der Waals surface area contributed by atoms with Gasteiger partial charge in [0.1, 0.15) is 11.5 Å². The van der Waals surface area contributed by atoms with Gasteiger partial charge in [-0.15, -0.1) is 0 Å². The molecule has 0 saturated carbocycles. The van der Waals surface area contributed by atoms with Gasteiger partial charge in [0, 0.05) is 10.8 Å². The standard InChI is InChI=1S/C26H20O4/c1-17-18(2)24(30-26(28)20-13-7-4-8-14-20)22-16-10-9-15-21(22)23(17)29-25(27)19-11-5-3-6-12-19/h3-16H,1-2H3. The molecule has 0 aliphatic carbocycles. The summed E-state index contributed by atoms with van der Waals surface area (Å²) < 4.78 is 11.6. The quantitative estimate of drug-likeness (QED) is 0.319. The van der Waals surface area contributed by atoms with Gasteiger partial charge in [0.15, 0.2) is 0 Å². The highest BCUT2D eigenvalue weighted by Gasteiger charge is 2.21. The first-order valence-electron chi connectivity index (χ1n) is 9.62. The van der Waals surface area contributed by atoms with Crippen LogP contribution in [0.25, 0.3) is 10.8 Å². The average Bonchev–Trinajstić information content (AvgIpc) is 2.80. The number of fused-ring (bicyclic) bond motifs is 1. The zero-order valence-electron chi connectivity index (χ0n) is 16.7. The molecular formula is C26H20O4. The highest BCUT2D eigenvalue weighted by Crippen LogP contribution is 2.40. The van der Waals surface area contributed by atoms with E-state index in [1.165, 1.54) is 0 Å².